The van der Waals surface area contributed by atoms with Crippen molar-refractivity contribution in [1.82, 2.24) is 4.90 Å². The molecule has 3 nitrogen and oxygen atoms in total. The summed E-state index contributed by atoms with van der Waals surface area (Å²) in [5.74, 6) is -0.828. The van der Waals surface area contributed by atoms with Crippen molar-refractivity contribution in [1.29, 1.82) is 0 Å². The molecule has 0 unspecified atom stereocenters. The Morgan fingerprint density at radius 1 is 1.43 bits per heavy atom. The Balaban J connectivity index is 2.12. The summed E-state index contributed by atoms with van der Waals surface area (Å²) in [6.45, 7) is -0.0173. The van der Waals surface area contributed by atoms with Crippen LogP contribution < -0.4 is 0 Å². The average Bonchev–Trinajstić information content (AvgIpc) is 2.27. The highest BCUT2D eigenvalue weighted by molar-refractivity contribution is 5.72. The minimum atomic E-state index is -2.08. The molecular weight excluding hydrogens is 178 g/mol. The Morgan fingerprint density at radius 2 is 2.21 bits per heavy atom. The van der Waals surface area contributed by atoms with E-state index in [1.165, 1.54) is 4.90 Å². The maximum absolute atomic E-state index is 11.3. The standard InChI is InChI=1S/C11H12NO2/c13-11-9-12(6-7-14-11)8-10-4-2-1-3-5-10/h1-6H,7-9H2/i9D2. The first kappa shape index (κ1) is 7.01. The van der Waals surface area contributed by atoms with E-state index in [1.807, 2.05) is 30.3 Å². The number of hydrogen-bond acceptors (Lipinski definition) is 3. The number of morpholine rings is 1. The lowest BCUT2D eigenvalue weighted by Gasteiger charge is -2.24. The summed E-state index contributed by atoms with van der Waals surface area (Å²) in [4.78, 5) is 12.6. The van der Waals surface area contributed by atoms with Gasteiger partial charge in [0.15, 0.2) is 0 Å². The molecule has 0 atom stereocenters. The molecule has 1 saturated heterocycles. The fraction of sp³-hybridized carbons (Fsp3) is 0.273. The number of hydrogen-bond donors (Lipinski definition) is 0. The number of carbonyl (C=O) groups is 1. The molecule has 14 heavy (non-hydrogen) atoms. The Hall–Kier alpha value is -1.35. The third kappa shape index (κ3) is 2.33. The van der Waals surface area contributed by atoms with Crippen molar-refractivity contribution < 1.29 is 12.3 Å². The highest BCUT2D eigenvalue weighted by Crippen LogP contribution is 2.09. The summed E-state index contributed by atoms with van der Waals surface area (Å²) in [6.07, 6.45) is 0. The van der Waals surface area contributed by atoms with Crippen LogP contribution >= 0.6 is 0 Å². The zero-order valence-corrected chi connectivity index (χ0v) is 7.64. The molecule has 0 aliphatic carbocycles. The molecule has 0 N–H and O–H groups in total. The molecule has 1 heterocycles. The smallest absolute Gasteiger partial charge is 0.320 e. The monoisotopic (exact) mass is 192 g/mol. The molecule has 2 rings (SSSR count). The summed E-state index contributed by atoms with van der Waals surface area (Å²) in [5.41, 5.74) is 0.956. The predicted octanol–water partition coefficient (Wildman–Crippen LogP) is 1.21. The maximum Gasteiger partial charge on any atom is 0.320 e. The molecule has 1 radical (unpaired) electrons. The number of ether oxygens (including phenoxy) is 1. The molecule has 0 bridgehead atoms. The van der Waals surface area contributed by atoms with Crippen molar-refractivity contribution in [2.45, 2.75) is 6.54 Å². The van der Waals surface area contributed by atoms with E-state index < -0.39 is 12.5 Å². The lowest BCUT2D eigenvalue weighted by atomic mass is 10.2. The van der Waals surface area contributed by atoms with Gasteiger partial charge in [-0.25, -0.2) is 0 Å². The van der Waals surface area contributed by atoms with E-state index >= 15 is 0 Å². The summed E-state index contributed by atoms with van der Waals surface area (Å²) in [5, 5.41) is 0. The van der Waals surface area contributed by atoms with Crippen LogP contribution in [0.4, 0.5) is 0 Å². The minimum absolute atomic E-state index is 0.130. The first-order valence-electron chi connectivity index (χ1n) is 5.42. The molecule has 1 aliphatic rings. The Labute approximate surface area is 86.1 Å². The van der Waals surface area contributed by atoms with Crippen molar-refractivity contribution in [2.24, 2.45) is 0 Å². The van der Waals surface area contributed by atoms with Gasteiger partial charge in [0.25, 0.3) is 0 Å². The van der Waals surface area contributed by atoms with E-state index in [2.05, 4.69) is 4.74 Å². The molecule has 0 saturated carbocycles. The second-order valence-electron chi connectivity index (χ2n) is 3.01. The molecule has 1 fully saturated rings. The molecule has 1 aromatic rings. The van der Waals surface area contributed by atoms with Gasteiger partial charge in [-0.15, -0.1) is 0 Å². The average molecular weight is 192 g/mol. The van der Waals surface area contributed by atoms with E-state index in [1.54, 1.807) is 6.54 Å². The first-order valence-corrected chi connectivity index (χ1v) is 4.42. The lowest BCUT2D eigenvalue weighted by Crippen LogP contribution is -2.35. The quantitative estimate of drug-likeness (QED) is 0.659. The SMILES string of the molecule is [2H]C1([2H])C(=O)OC[CH]N1Cc1ccccc1. The fourth-order valence-corrected chi connectivity index (χ4v) is 1.28. The maximum atomic E-state index is 11.3. The van der Waals surface area contributed by atoms with Crippen LogP contribution in [0.2, 0.25) is 0 Å². The molecule has 0 spiro atoms. The van der Waals surface area contributed by atoms with E-state index in [-0.39, 0.29) is 6.61 Å². The molecule has 1 aromatic carbocycles. The first-order chi connectivity index (χ1) is 7.60. The van der Waals surface area contributed by atoms with E-state index in [9.17, 15) is 4.79 Å². The van der Waals surface area contributed by atoms with Crippen LogP contribution in [-0.4, -0.2) is 24.0 Å². The van der Waals surface area contributed by atoms with Gasteiger partial charge >= 0.3 is 5.97 Å². The number of cyclic esters (lactones) is 1. The summed E-state index contributed by atoms with van der Waals surface area (Å²) in [7, 11) is 0. The van der Waals surface area contributed by atoms with Gasteiger partial charge in [0.05, 0.1) is 15.8 Å². The van der Waals surface area contributed by atoms with Crippen LogP contribution in [0.1, 0.15) is 8.30 Å². The van der Waals surface area contributed by atoms with Gasteiger partial charge in [-0.3, -0.25) is 9.69 Å². The van der Waals surface area contributed by atoms with Crippen molar-refractivity contribution in [2.75, 3.05) is 13.1 Å². The molecule has 0 aromatic heterocycles. The van der Waals surface area contributed by atoms with Crippen LogP contribution in [0.5, 0.6) is 0 Å². The third-order valence-corrected chi connectivity index (χ3v) is 1.94. The van der Waals surface area contributed by atoms with E-state index in [4.69, 9.17) is 2.74 Å². The van der Waals surface area contributed by atoms with Gasteiger partial charge in [-0.05, 0) is 5.56 Å². The highest BCUT2D eigenvalue weighted by atomic mass is 16.5. The molecule has 73 valence electrons. The van der Waals surface area contributed by atoms with Crippen molar-refractivity contribution in [3.05, 3.63) is 42.4 Å². The van der Waals surface area contributed by atoms with Gasteiger partial charge in [0, 0.05) is 6.54 Å². The molecule has 0 amide bonds. The zero-order chi connectivity index (χ0) is 11.6. The van der Waals surface area contributed by atoms with Crippen molar-refractivity contribution >= 4 is 5.97 Å². The van der Waals surface area contributed by atoms with Crippen molar-refractivity contribution in [3.63, 3.8) is 0 Å². The highest BCUT2D eigenvalue weighted by Gasteiger charge is 2.17. The fourth-order valence-electron chi connectivity index (χ4n) is 1.28. The Morgan fingerprint density at radius 3 is 3.00 bits per heavy atom. The van der Waals surface area contributed by atoms with Gasteiger partial charge in [-0.1, -0.05) is 30.3 Å². The predicted molar refractivity (Wildman–Crippen MR) is 52.1 cm³/mol. The van der Waals surface area contributed by atoms with Gasteiger partial charge in [0.1, 0.15) is 6.61 Å². The van der Waals surface area contributed by atoms with E-state index in [0.717, 1.165) is 5.56 Å². The number of rotatable bonds is 2. The third-order valence-electron chi connectivity index (χ3n) is 1.94. The lowest BCUT2D eigenvalue weighted by molar-refractivity contribution is -0.148. The van der Waals surface area contributed by atoms with Crippen LogP contribution in [0.15, 0.2) is 30.3 Å². The summed E-state index contributed by atoms with van der Waals surface area (Å²) in [6, 6.07) is 9.44. The van der Waals surface area contributed by atoms with E-state index in [0.29, 0.717) is 6.54 Å². The van der Waals surface area contributed by atoms with Crippen LogP contribution in [0.25, 0.3) is 0 Å². The largest absolute Gasteiger partial charge is 0.463 e. The normalized spacial score (nSPS) is 23.6. The minimum Gasteiger partial charge on any atom is -0.463 e. The van der Waals surface area contributed by atoms with Gasteiger partial charge in [-0.2, -0.15) is 0 Å². The molecule has 1 aliphatic heterocycles. The topological polar surface area (TPSA) is 29.5 Å². The number of esters is 1. The van der Waals surface area contributed by atoms with Crippen molar-refractivity contribution in [3.8, 4) is 0 Å². The van der Waals surface area contributed by atoms with Crippen LogP contribution in [0.3, 0.4) is 0 Å². The summed E-state index contributed by atoms with van der Waals surface area (Å²) < 4.78 is 19.9. The second-order valence-corrected chi connectivity index (χ2v) is 3.01. The van der Waals surface area contributed by atoms with Gasteiger partial charge < -0.3 is 4.74 Å². The second kappa shape index (κ2) is 4.24. The zero-order valence-electron chi connectivity index (χ0n) is 9.64. The summed E-state index contributed by atoms with van der Waals surface area (Å²) >= 11 is 0. The van der Waals surface area contributed by atoms with Gasteiger partial charge in [0.2, 0.25) is 0 Å². The molecule has 3 heteroatoms. The van der Waals surface area contributed by atoms with Crippen LogP contribution in [0, 0.1) is 6.54 Å². The number of carbonyl (C=O) groups excluding carboxylic acids is 1. The van der Waals surface area contributed by atoms with Crippen LogP contribution in [-0.2, 0) is 16.1 Å². The number of benzene rings is 1. The Kier molecular flexibility index (Phi) is 2.12. The molecular formula is C11H12NO2. The number of nitrogens with zero attached hydrogens (tertiary/aromatic N) is 1. The Bertz CT molecular complexity index is 381.